The summed E-state index contributed by atoms with van der Waals surface area (Å²) in [5.74, 6) is -0.384. The highest BCUT2D eigenvalue weighted by Gasteiger charge is 2.24. The minimum absolute atomic E-state index is 0.0200. The standard InChI is InChI=1S/C13H18O3/c1-4-11-5-7-12(8-6-11)13(3,15)9-16-10(2)14/h5-8,15H,4,9H2,1-3H3. The van der Waals surface area contributed by atoms with Crippen LogP contribution in [0.15, 0.2) is 24.3 Å². The molecule has 0 saturated carbocycles. The van der Waals surface area contributed by atoms with Gasteiger partial charge in [-0.05, 0) is 24.5 Å². The zero-order valence-corrected chi connectivity index (χ0v) is 9.99. The summed E-state index contributed by atoms with van der Waals surface area (Å²) in [6.45, 7) is 5.02. The number of aliphatic hydroxyl groups is 1. The highest BCUT2D eigenvalue weighted by Crippen LogP contribution is 2.21. The van der Waals surface area contributed by atoms with Crippen molar-refractivity contribution in [2.24, 2.45) is 0 Å². The van der Waals surface area contributed by atoms with E-state index < -0.39 is 5.60 Å². The van der Waals surface area contributed by atoms with Crippen molar-refractivity contribution in [3.8, 4) is 0 Å². The molecular formula is C13H18O3. The summed E-state index contributed by atoms with van der Waals surface area (Å²) in [7, 11) is 0. The minimum atomic E-state index is -1.13. The Morgan fingerprint density at radius 3 is 2.38 bits per heavy atom. The summed E-state index contributed by atoms with van der Waals surface area (Å²) in [6.07, 6.45) is 0.965. The Bertz CT molecular complexity index is 352. The van der Waals surface area contributed by atoms with E-state index in [1.807, 2.05) is 24.3 Å². The Kier molecular flexibility index (Phi) is 4.07. The lowest BCUT2D eigenvalue weighted by atomic mass is 9.95. The quantitative estimate of drug-likeness (QED) is 0.793. The fourth-order valence-electron chi connectivity index (χ4n) is 1.42. The van der Waals surface area contributed by atoms with Gasteiger partial charge in [0.15, 0.2) is 0 Å². The molecule has 0 aliphatic rings. The largest absolute Gasteiger partial charge is 0.462 e. The Hall–Kier alpha value is -1.35. The van der Waals surface area contributed by atoms with Crippen molar-refractivity contribution in [2.45, 2.75) is 32.8 Å². The lowest BCUT2D eigenvalue weighted by Gasteiger charge is -2.23. The molecule has 3 heteroatoms. The molecule has 0 spiro atoms. The van der Waals surface area contributed by atoms with Crippen molar-refractivity contribution in [3.63, 3.8) is 0 Å². The molecule has 1 unspecified atom stereocenters. The fraction of sp³-hybridized carbons (Fsp3) is 0.462. The van der Waals surface area contributed by atoms with Crippen LogP contribution in [-0.2, 0) is 21.6 Å². The van der Waals surface area contributed by atoms with Crippen molar-refractivity contribution in [2.75, 3.05) is 6.61 Å². The Morgan fingerprint density at radius 1 is 1.38 bits per heavy atom. The number of carbonyl (C=O) groups excluding carboxylic acids is 1. The normalized spacial score (nSPS) is 14.2. The summed E-state index contributed by atoms with van der Waals surface area (Å²) in [6, 6.07) is 7.67. The topological polar surface area (TPSA) is 46.5 Å². The molecule has 16 heavy (non-hydrogen) atoms. The van der Waals surface area contributed by atoms with Crippen LogP contribution >= 0.6 is 0 Å². The van der Waals surface area contributed by atoms with Crippen LogP contribution in [0.3, 0.4) is 0 Å². The van der Waals surface area contributed by atoms with Gasteiger partial charge in [-0.15, -0.1) is 0 Å². The van der Waals surface area contributed by atoms with Gasteiger partial charge in [0.05, 0.1) is 0 Å². The SMILES string of the molecule is CCc1ccc(C(C)(O)COC(C)=O)cc1. The van der Waals surface area contributed by atoms with E-state index in [-0.39, 0.29) is 12.6 Å². The molecule has 0 amide bonds. The van der Waals surface area contributed by atoms with Crippen molar-refractivity contribution >= 4 is 5.97 Å². The highest BCUT2D eigenvalue weighted by atomic mass is 16.5. The molecule has 1 aromatic rings. The first-order valence-electron chi connectivity index (χ1n) is 5.41. The molecule has 1 aromatic carbocycles. The Morgan fingerprint density at radius 2 is 1.94 bits per heavy atom. The monoisotopic (exact) mass is 222 g/mol. The summed E-state index contributed by atoms with van der Waals surface area (Å²) < 4.78 is 4.83. The van der Waals surface area contributed by atoms with Crippen molar-refractivity contribution in [1.29, 1.82) is 0 Å². The maximum absolute atomic E-state index is 10.7. The average molecular weight is 222 g/mol. The van der Waals surface area contributed by atoms with E-state index in [1.54, 1.807) is 6.92 Å². The van der Waals surface area contributed by atoms with Gasteiger partial charge in [0.1, 0.15) is 12.2 Å². The van der Waals surface area contributed by atoms with Crippen molar-refractivity contribution in [1.82, 2.24) is 0 Å². The van der Waals surface area contributed by atoms with Crippen LogP contribution in [-0.4, -0.2) is 17.7 Å². The Balaban J connectivity index is 2.76. The predicted octanol–water partition coefficient (Wildman–Crippen LogP) is 2.02. The smallest absolute Gasteiger partial charge is 0.302 e. The molecule has 0 aliphatic heterocycles. The fourth-order valence-corrected chi connectivity index (χ4v) is 1.42. The number of hydrogen-bond acceptors (Lipinski definition) is 3. The second-order valence-corrected chi connectivity index (χ2v) is 4.10. The molecule has 3 nitrogen and oxygen atoms in total. The van der Waals surface area contributed by atoms with Gasteiger partial charge in [0.2, 0.25) is 0 Å². The van der Waals surface area contributed by atoms with E-state index in [0.29, 0.717) is 0 Å². The third-order valence-electron chi connectivity index (χ3n) is 2.54. The number of ether oxygens (including phenoxy) is 1. The van der Waals surface area contributed by atoms with Gasteiger partial charge in [0.25, 0.3) is 0 Å². The molecule has 0 saturated heterocycles. The van der Waals surface area contributed by atoms with Gasteiger partial charge in [-0.2, -0.15) is 0 Å². The minimum Gasteiger partial charge on any atom is -0.462 e. The van der Waals surface area contributed by atoms with Gasteiger partial charge in [-0.25, -0.2) is 0 Å². The molecule has 1 atom stereocenters. The van der Waals surface area contributed by atoms with Crippen molar-refractivity contribution in [3.05, 3.63) is 35.4 Å². The molecule has 0 bridgehead atoms. The maximum Gasteiger partial charge on any atom is 0.302 e. The molecular weight excluding hydrogens is 204 g/mol. The first-order valence-corrected chi connectivity index (χ1v) is 5.41. The summed E-state index contributed by atoms with van der Waals surface area (Å²) in [5.41, 5.74) is 0.843. The number of hydrogen-bond donors (Lipinski definition) is 1. The number of carbonyl (C=O) groups is 1. The second-order valence-electron chi connectivity index (χ2n) is 4.10. The van der Waals surface area contributed by atoms with E-state index in [9.17, 15) is 9.90 Å². The van der Waals surface area contributed by atoms with E-state index in [1.165, 1.54) is 12.5 Å². The predicted molar refractivity (Wildman–Crippen MR) is 62.0 cm³/mol. The molecule has 0 radical (unpaired) electrons. The zero-order valence-electron chi connectivity index (χ0n) is 9.99. The lowest BCUT2D eigenvalue weighted by Crippen LogP contribution is -2.28. The van der Waals surface area contributed by atoms with Crippen LogP contribution in [0.4, 0.5) is 0 Å². The van der Waals surface area contributed by atoms with E-state index in [4.69, 9.17) is 4.74 Å². The molecule has 1 N–H and O–H groups in total. The van der Waals surface area contributed by atoms with Gasteiger partial charge < -0.3 is 9.84 Å². The first-order chi connectivity index (χ1) is 7.45. The third-order valence-corrected chi connectivity index (χ3v) is 2.54. The molecule has 0 fully saturated rings. The maximum atomic E-state index is 10.7. The molecule has 0 heterocycles. The van der Waals surface area contributed by atoms with Gasteiger partial charge in [-0.3, -0.25) is 4.79 Å². The van der Waals surface area contributed by atoms with Crippen LogP contribution < -0.4 is 0 Å². The number of esters is 1. The highest BCUT2D eigenvalue weighted by molar-refractivity contribution is 5.66. The van der Waals surface area contributed by atoms with Crippen LogP contribution in [0.2, 0.25) is 0 Å². The van der Waals surface area contributed by atoms with Crippen LogP contribution in [0.5, 0.6) is 0 Å². The zero-order chi connectivity index (χ0) is 12.2. The average Bonchev–Trinajstić information content (AvgIpc) is 2.27. The van der Waals surface area contributed by atoms with Crippen LogP contribution in [0.1, 0.15) is 31.9 Å². The molecule has 0 aromatic heterocycles. The van der Waals surface area contributed by atoms with Crippen molar-refractivity contribution < 1.29 is 14.6 Å². The Labute approximate surface area is 96.1 Å². The van der Waals surface area contributed by atoms with E-state index in [2.05, 4.69) is 6.92 Å². The number of benzene rings is 1. The molecule has 88 valence electrons. The second kappa shape index (κ2) is 5.12. The van der Waals surface area contributed by atoms with Gasteiger partial charge in [-0.1, -0.05) is 31.2 Å². The number of rotatable bonds is 4. The van der Waals surface area contributed by atoms with Gasteiger partial charge >= 0.3 is 5.97 Å². The lowest BCUT2D eigenvalue weighted by molar-refractivity contribution is -0.148. The third kappa shape index (κ3) is 3.35. The van der Waals surface area contributed by atoms with E-state index in [0.717, 1.165) is 12.0 Å². The summed E-state index contributed by atoms with van der Waals surface area (Å²) in [5, 5.41) is 10.1. The van der Waals surface area contributed by atoms with E-state index >= 15 is 0 Å². The first kappa shape index (κ1) is 12.7. The summed E-state index contributed by atoms with van der Waals surface area (Å²) >= 11 is 0. The van der Waals surface area contributed by atoms with Crippen LogP contribution in [0, 0.1) is 0 Å². The van der Waals surface area contributed by atoms with Crippen LogP contribution in [0.25, 0.3) is 0 Å². The number of aryl methyl sites for hydroxylation is 1. The molecule has 1 rings (SSSR count). The van der Waals surface area contributed by atoms with Gasteiger partial charge in [0, 0.05) is 6.92 Å². The summed E-state index contributed by atoms with van der Waals surface area (Å²) in [4.78, 5) is 10.7. The molecule has 0 aliphatic carbocycles.